The molecule has 14 heavy (non-hydrogen) atoms. The van der Waals surface area contributed by atoms with Gasteiger partial charge in [0.1, 0.15) is 5.75 Å². The van der Waals surface area contributed by atoms with Crippen LogP contribution in [0.5, 0.6) is 5.75 Å². The van der Waals surface area contributed by atoms with Gasteiger partial charge in [-0.05, 0) is 32.0 Å². The van der Waals surface area contributed by atoms with Gasteiger partial charge in [0, 0.05) is 11.6 Å². The molecule has 0 saturated heterocycles. The van der Waals surface area contributed by atoms with Crippen LogP contribution < -0.4 is 10.5 Å². The molecule has 1 rings (SSSR count). The van der Waals surface area contributed by atoms with Crippen molar-refractivity contribution >= 4 is 0 Å². The second kappa shape index (κ2) is 4.17. The summed E-state index contributed by atoms with van der Waals surface area (Å²) in [5.41, 5.74) is 6.16. The molecule has 0 spiro atoms. The van der Waals surface area contributed by atoms with Gasteiger partial charge in [-0.3, -0.25) is 0 Å². The lowest BCUT2D eigenvalue weighted by molar-refractivity contribution is 0.414. The fourth-order valence-electron chi connectivity index (χ4n) is 0.873. The second-order valence-corrected chi connectivity index (χ2v) is 3.62. The van der Waals surface area contributed by atoms with Crippen LogP contribution in [0.25, 0.3) is 0 Å². The maximum absolute atomic E-state index is 5.74. The van der Waals surface area contributed by atoms with E-state index in [0.717, 1.165) is 5.56 Å². The van der Waals surface area contributed by atoms with E-state index in [1.54, 1.807) is 13.2 Å². The largest absolute Gasteiger partial charge is 0.496 e. The Balaban J connectivity index is 2.90. The Hall–Kier alpha value is -1.46. The van der Waals surface area contributed by atoms with Crippen molar-refractivity contribution in [2.45, 2.75) is 19.4 Å². The topological polar surface area (TPSA) is 35.2 Å². The summed E-state index contributed by atoms with van der Waals surface area (Å²) in [7, 11) is 1.61. The normalized spacial score (nSPS) is 10.3. The van der Waals surface area contributed by atoms with Crippen LogP contribution in [0.15, 0.2) is 18.2 Å². The fraction of sp³-hybridized carbons (Fsp3) is 0.333. The van der Waals surface area contributed by atoms with Crippen LogP contribution in [0.4, 0.5) is 0 Å². The van der Waals surface area contributed by atoms with E-state index >= 15 is 0 Å². The van der Waals surface area contributed by atoms with Gasteiger partial charge in [0.25, 0.3) is 0 Å². The molecule has 0 unspecified atom stereocenters. The number of rotatable bonds is 1. The van der Waals surface area contributed by atoms with Crippen LogP contribution in [-0.2, 0) is 0 Å². The highest BCUT2D eigenvalue weighted by atomic mass is 16.5. The fourth-order valence-corrected chi connectivity index (χ4v) is 0.873. The summed E-state index contributed by atoms with van der Waals surface area (Å²) < 4.78 is 5.03. The van der Waals surface area contributed by atoms with E-state index in [1.807, 2.05) is 26.0 Å². The molecule has 1 aromatic rings. The van der Waals surface area contributed by atoms with Gasteiger partial charge in [0.05, 0.1) is 12.6 Å². The first-order valence-electron chi connectivity index (χ1n) is 4.39. The Morgan fingerprint density at radius 2 is 2.21 bits per heavy atom. The van der Waals surface area contributed by atoms with E-state index < -0.39 is 5.54 Å². The highest BCUT2D eigenvalue weighted by molar-refractivity contribution is 5.40. The predicted molar refractivity (Wildman–Crippen MR) is 57.0 cm³/mol. The molecule has 0 heterocycles. The molecule has 2 nitrogen and oxygen atoms in total. The average molecular weight is 188 g/mol. The Morgan fingerprint density at radius 1 is 1.50 bits per heavy atom. The van der Waals surface area contributed by atoms with Gasteiger partial charge in [-0.2, -0.15) is 0 Å². The van der Waals surface area contributed by atoms with Crippen molar-refractivity contribution in [3.63, 3.8) is 0 Å². The molecular formula is C12H14NO. The average Bonchev–Trinajstić information content (AvgIpc) is 2.14. The molecule has 0 aromatic heterocycles. The summed E-state index contributed by atoms with van der Waals surface area (Å²) in [6.07, 6.45) is 0. The lowest BCUT2D eigenvalue weighted by atomic mass is 10.1. The highest BCUT2D eigenvalue weighted by Crippen LogP contribution is 2.10. The third-order valence-corrected chi connectivity index (χ3v) is 1.52. The summed E-state index contributed by atoms with van der Waals surface area (Å²) in [6, 6.07) is 8.43. The Morgan fingerprint density at radius 3 is 2.79 bits per heavy atom. The molecule has 0 amide bonds. The van der Waals surface area contributed by atoms with Gasteiger partial charge in [0.15, 0.2) is 0 Å². The maximum Gasteiger partial charge on any atom is 0.128 e. The minimum Gasteiger partial charge on any atom is -0.496 e. The first kappa shape index (κ1) is 10.6. The van der Waals surface area contributed by atoms with Crippen LogP contribution in [-0.4, -0.2) is 12.6 Å². The molecule has 1 radical (unpaired) electrons. The van der Waals surface area contributed by atoms with Crippen LogP contribution in [0.1, 0.15) is 19.4 Å². The van der Waals surface area contributed by atoms with Gasteiger partial charge in [0.2, 0.25) is 0 Å². The molecule has 2 N–H and O–H groups in total. The first-order chi connectivity index (χ1) is 6.51. The van der Waals surface area contributed by atoms with Crippen LogP contribution >= 0.6 is 0 Å². The quantitative estimate of drug-likeness (QED) is 0.679. The van der Waals surface area contributed by atoms with E-state index in [4.69, 9.17) is 10.5 Å². The van der Waals surface area contributed by atoms with Gasteiger partial charge < -0.3 is 10.5 Å². The molecule has 0 aliphatic carbocycles. The summed E-state index contributed by atoms with van der Waals surface area (Å²) in [6.45, 7) is 3.73. The van der Waals surface area contributed by atoms with Crippen LogP contribution in [0.2, 0.25) is 0 Å². The molecule has 1 aromatic carbocycles. The van der Waals surface area contributed by atoms with Gasteiger partial charge >= 0.3 is 0 Å². The number of hydrogen-bond donors (Lipinski definition) is 1. The zero-order valence-electron chi connectivity index (χ0n) is 8.72. The molecule has 0 aliphatic rings. The molecular weight excluding hydrogens is 174 g/mol. The molecule has 0 atom stereocenters. The lowest BCUT2D eigenvalue weighted by Crippen LogP contribution is -2.29. The zero-order valence-corrected chi connectivity index (χ0v) is 8.72. The Kier molecular flexibility index (Phi) is 3.16. The maximum atomic E-state index is 5.74. The minimum atomic E-state index is -0.465. The van der Waals surface area contributed by atoms with E-state index in [9.17, 15) is 0 Å². The first-order valence-corrected chi connectivity index (χ1v) is 4.39. The van der Waals surface area contributed by atoms with Gasteiger partial charge in [-0.25, -0.2) is 0 Å². The highest BCUT2D eigenvalue weighted by Gasteiger charge is 2.03. The van der Waals surface area contributed by atoms with Crippen molar-refractivity contribution in [3.05, 3.63) is 29.8 Å². The lowest BCUT2D eigenvalue weighted by Gasteiger charge is -2.07. The second-order valence-electron chi connectivity index (χ2n) is 3.62. The molecule has 0 saturated carbocycles. The number of benzene rings is 1. The van der Waals surface area contributed by atoms with Gasteiger partial charge in [-0.1, -0.05) is 11.8 Å². The summed E-state index contributed by atoms with van der Waals surface area (Å²) in [4.78, 5) is 0. The standard InChI is InChI=1S/C12H14NO/c1-12(2,13)8-7-10-5-4-6-11(9-10)14-3/h4-5,9H,13H2,1-3H3. The summed E-state index contributed by atoms with van der Waals surface area (Å²) in [5, 5.41) is 0. The van der Waals surface area contributed by atoms with E-state index in [0.29, 0.717) is 5.75 Å². The minimum absolute atomic E-state index is 0.465. The van der Waals surface area contributed by atoms with Crippen molar-refractivity contribution in [3.8, 4) is 17.6 Å². The van der Waals surface area contributed by atoms with Gasteiger partial charge in [-0.15, -0.1) is 0 Å². The third-order valence-electron chi connectivity index (χ3n) is 1.52. The Bertz CT molecular complexity index is 366. The number of ether oxygens (including phenoxy) is 1. The number of nitrogens with two attached hydrogens (primary N) is 1. The molecule has 0 aliphatic heterocycles. The molecule has 2 heteroatoms. The van der Waals surface area contributed by atoms with Crippen molar-refractivity contribution in [1.29, 1.82) is 0 Å². The summed E-state index contributed by atoms with van der Waals surface area (Å²) >= 11 is 0. The van der Waals surface area contributed by atoms with Crippen molar-refractivity contribution < 1.29 is 4.74 Å². The van der Waals surface area contributed by atoms with Crippen molar-refractivity contribution in [1.82, 2.24) is 0 Å². The van der Waals surface area contributed by atoms with E-state index in [1.165, 1.54) is 0 Å². The summed E-state index contributed by atoms with van der Waals surface area (Å²) in [5.74, 6) is 6.62. The number of hydrogen-bond acceptors (Lipinski definition) is 2. The van der Waals surface area contributed by atoms with Crippen molar-refractivity contribution in [2.24, 2.45) is 5.73 Å². The molecule has 73 valence electrons. The van der Waals surface area contributed by atoms with E-state index in [2.05, 4.69) is 17.9 Å². The Labute approximate surface area is 85.1 Å². The van der Waals surface area contributed by atoms with Crippen LogP contribution in [0, 0.1) is 17.9 Å². The third kappa shape index (κ3) is 3.51. The molecule has 0 fully saturated rings. The number of methoxy groups -OCH3 is 1. The molecule has 0 bridgehead atoms. The SMILES string of the molecule is COc1[c]ccc(C#CC(C)(C)N)c1. The monoisotopic (exact) mass is 188 g/mol. The predicted octanol–water partition coefficient (Wildman–Crippen LogP) is 1.58. The van der Waals surface area contributed by atoms with Crippen LogP contribution in [0.3, 0.4) is 0 Å². The zero-order chi connectivity index (χ0) is 10.6. The van der Waals surface area contributed by atoms with Crippen molar-refractivity contribution in [2.75, 3.05) is 7.11 Å². The smallest absolute Gasteiger partial charge is 0.128 e. The van der Waals surface area contributed by atoms with E-state index in [-0.39, 0.29) is 0 Å².